The van der Waals surface area contributed by atoms with E-state index in [9.17, 15) is 13.2 Å². The second-order valence-corrected chi connectivity index (χ2v) is 10.2. The lowest BCUT2D eigenvalue weighted by Crippen LogP contribution is -2.48. The fourth-order valence-electron chi connectivity index (χ4n) is 4.12. The van der Waals surface area contributed by atoms with Crippen LogP contribution in [-0.2, 0) is 14.8 Å². The minimum absolute atomic E-state index is 0.159. The molecule has 162 valence electrons. The van der Waals surface area contributed by atoms with E-state index >= 15 is 0 Å². The van der Waals surface area contributed by atoms with Crippen LogP contribution in [-0.4, -0.2) is 26.6 Å². The molecule has 0 fully saturated rings. The monoisotopic (exact) mass is 465 g/mol. The second-order valence-electron chi connectivity index (χ2n) is 7.93. The first kappa shape index (κ1) is 20.7. The first-order chi connectivity index (χ1) is 15.3. The van der Waals surface area contributed by atoms with Gasteiger partial charge in [0.1, 0.15) is 0 Å². The van der Waals surface area contributed by atoms with Crippen LogP contribution in [0.3, 0.4) is 0 Å². The zero-order valence-corrected chi connectivity index (χ0v) is 18.8. The summed E-state index contributed by atoms with van der Waals surface area (Å²) in [5.74, 6) is -0.519. The Morgan fingerprint density at radius 1 is 0.969 bits per heavy atom. The molecule has 0 bridgehead atoms. The molecule has 0 saturated heterocycles. The molecule has 0 saturated carbocycles. The molecule has 8 heteroatoms. The van der Waals surface area contributed by atoms with Gasteiger partial charge in [0.2, 0.25) is 5.91 Å². The van der Waals surface area contributed by atoms with Gasteiger partial charge in [-0.1, -0.05) is 47.5 Å². The van der Waals surface area contributed by atoms with E-state index in [1.165, 1.54) is 9.31 Å². The standard InChI is InChI=1S/C24H20ClN3O3S/c1-16-6-12-20(13-7-16)32(30,31)27-15-17-14-23(29)28(19-10-8-18(25)9-11-19)26-24(17)21-4-2-3-5-22(21)27/h2-13,17H,14-15H2,1H3. The third-order valence-corrected chi connectivity index (χ3v) is 7.81. The van der Waals surface area contributed by atoms with E-state index in [2.05, 4.69) is 5.10 Å². The van der Waals surface area contributed by atoms with Gasteiger partial charge in [0.15, 0.2) is 0 Å². The molecule has 32 heavy (non-hydrogen) atoms. The summed E-state index contributed by atoms with van der Waals surface area (Å²) < 4.78 is 28.4. The van der Waals surface area contributed by atoms with Crippen LogP contribution in [0.2, 0.25) is 5.02 Å². The van der Waals surface area contributed by atoms with E-state index in [0.717, 1.165) is 5.56 Å². The third-order valence-electron chi connectivity index (χ3n) is 5.77. The highest BCUT2D eigenvalue weighted by Gasteiger charge is 2.41. The molecule has 1 unspecified atom stereocenters. The fourth-order valence-corrected chi connectivity index (χ4v) is 5.77. The number of hydrogen-bond donors (Lipinski definition) is 0. The van der Waals surface area contributed by atoms with Crippen LogP contribution in [0.1, 0.15) is 17.5 Å². The van der Waals surface area contributed by atoms with Crippen molar-refractivity contribution in [3.8, 4) is 0 Å². The lowest BCUT2D eigenvalue weighted by Gasteiger charge is -2.39. The maximum absolute atomic E-state index is 13.5. The number of carbonyl (C=O) groups excluding carboxylic acids is 1. The van der Waals surface area contributed by atoms with E-state index in [1.807, 2.05) is 25.1 Å². The van der Waals surface area contributed by atoms with Crippen LogP contribution in [0.4, 0.5) is 11.4 Å². The van der Waals surface area contributed by atoms with Crippen molar-refractivity contribution in [3.63, 3.8) is 0 Å². The molecule has 0 aliphatic carbocycles. The lowest BCUT2D eigenvalue weighted by molar-refractivity contribution is -0.119. The summed E-state index contributed by atoms with van der Waals surface area (Å²) in [4.78, 5) is 13.2. The first-order valence-electron chi connectivity index (χ1n) is 10.2. The number of halogens is 1. The molecule has 2 heterocycles. The molecule has 0 radical (unpaired) electrons. The Morgan fingerprint density at radius 2 is 1.66 bits per heavy atom. The summed E-state index contributed by atoms with van der Waals surface area (Å²) in [6.07, 6.45) is 0.162. The number of fused-ring (bicyclic) bond motifs is 3. The van der Waals surface area contributed by atoms with E-state index in [-0.39, 0.29) is 29.7 Å². The second kappa shape index (κ2) is 7.76. The Bertz CT molecular complexity index is 1340. The normalized spacial score (nSPS) is 18.1. The highest BCUT2D eigenvalue weighted by atomic mass is 35.5. The zero-order chi connectivity index (χ0) is 22.5. The average molecular weight is 466 g/mol. The van der Waals surface area contributed by atoms with Crippen molar-refractivity contribution in [2.24, 2.45) is 11.0 Å². The van der Waals surface area contributed by atoms with Gasteiger partial charge in [-0.2, -0.15) is 5.10 Å². The number of aryl methyl sites for hydroxylation is 1. The molecule has 1 atom stereocenters. The predicted molar refractivity (Wildman–Crippen MR) is 126 cm³/mol. The minimum Gasteiger partial charge on any atom is -0.273 e. The lowest BCUT2D eigenvalue weighted by atomic mass is 9.88. The van der Waals surface area contributed by atoms with E-state index in [4.69, 9.17) is 11.6 Å². The molecular weight excluding hydrogens is 446 g/mol. The van der Waals surface area contributed by atoms with Gasteiger partial charge in [-0.05, 0) is 49.4 Å². The molecule has 0 N–H and O–H groups in total. The van der Waals surface area contributed by atoms with Gasteiger partial charge in [0, 0.05) is 29.5 Å². The van der Waals surface area contributed by atoms with Crippen LogP contribution >= 0.6 is 11.6 Å². The molecule has 3 aromatic carbocycles. The summed E-state index contributed by atoms with van der Waals surface area (Å²) in [6, 6.07) is 21.0. The number of rotatable bonds is 3. The van der Waals surface area contributed by atoms with Crippen LogP contribution in [0.25, 0.3) is 0 Å². The quantitative estimate of drug-likeness (QED) is 0.567. The summed E-state index contributed by atoms with van der Waals surface area (Å²) in [5.41, 5.74) is 3.60. The van der Waals surface area contributed by atoms with Crippen LogP contribution in [0.5, 0.6) is 0 Å². The number of sulfonamides is 1. The Hall–Kier alpha value is -3.16. The van der Waals surface area contributed by atoms with Crippen molar-refractivity contribution < 1.29 is 13.2 Å². The largest absolute Gasteiger partial charge is 0.273 e. The molecule has 5 rings (SSSR count). The average Bonchev–Trinajstić information content (AvgIpc) is 2.79. The maximum atomic E-state index is 13.5. The molecule has 1 amide bonds. The summed E-state index contributed by atoms with van der Waals surface area (Å²) in [6.45, 7) is 2.07. The van der Waals surface area contributed by atoms with Crippen molar-refractivity contribution >= 4 is 44.6 Å². The Balaban J connectivity index is 1.60. The predicted octanol–water partition coefficient (Wildman–Crippen LogP) is 4.61. The zero-order valence-electron chi connectivity index (χ0n) is 17.3. The van der Waals surface area contributed by atoms with Crippen molar-refractivity contribution in [2.75, 3.05) is 15.9 Å². The minimum atomic E-state index is -3.79. The van der Waals surface area contributed by atoms with Gasteiger partial charge in [-0.3, -0.25) is 9.10 Å². The Morgan fingerprint density at radius 3 is 2.38 bits per heavy atom. The van der Waals surface area contributed by atoms with Crippen molar-refractivity contribution in [1.82, 2.24) is 0 Å². The number of hydrazone groups is 1. The molecular formula is C24H20ClN3O3S. The number of carbonyl (C=O) groups is 1. The van der Waals surface area contributed by atoms with Gasteiger partial charge in [0.05, 0.1) is 22.0 Å². The topological polar surface area (TPSA) is 70.1 Å². The van der Waals surface area contributed by atoms with Crippen LogP contribution < -0.4 is 9.31 Å². The smallest absolute Gasteiger partial charge is 0.264 e. The highest BCUT2D eigenvalue weighted by molar-refractivity contribution is 7.92. The van der Waals surface area contributed by atoms with Gasteiger partial charge >= 0.3 is 0 Å². The number of anilines is 2. The molecule has 0 spiro atoms. The molecule has 2 aliphatic heterocycles. The number of para-hydroxylation sites is 1. The first-order valence-corrected chi connectivity index (χ1v) is 12.0. The van der Waals surface area contributed by atoms with E-state index < -0.39 is 10.0 Å². The molecule has 2 aliphatic rings. The van der Waals surface area contributed by atoms with E-state index in [0.29, 0.717) is 27.7 Å². The molecule has 6 nitrogen and oxygen atoms in total. The van der Waals surface area contributed by atoms with Gasteiger partial charge < -0.3 is 0 Å². The number of amides is 1. The van der Waals surface area contributed by atoms with Crippen LogP contribution in [0.15, 0.2) is 82.8 Å². The number of benzene rings is 3. The summed E-state index contributed by atoms with van der Waals surface area (Å²) in [7, 11) is -3.79. The van der Waals surface area contributed by atoms with Gasteiger partial charge in [0.25, 0.3) is 10.0 Å². The Kier molecular flexibility index (Phi) is 5.03. The highest BCUT2D eigenvalue weighted by Crippen LogP contribution is 2.38. The fraction of sp³-hybridized carbons (Fsp3) is 0.167. The third kappa shape index (κ3) is 3.47. The van der Waals surface area contributed by atoms with Crippen molar-refractivity contribution in [2.45, 2.75) is 18.2 Å². The summed E-state index contributed by atoms with van der Waals surface area (Å²) >= 11 is 5.98. The molecule has 0 aromatic heterocycles. The van der Waals surface area contributed by atoms with E-state index in [1.54, 1.807) is 54.6 Å². The van der Waals surface area contributed by atoms with Gasteiger partial charge in [-0.15, -0.1) is 0 Å². The van der Waals surface area contributed by atoms with Crippen molar-refractivity contribution in [1.29, 1.82) is 0 Å². The number of nitrogens with zero attached hydrogens (tertiary/aromatic N) is 3. The van der Waals surface area contributed by atoms with Crippen LogP contribution in [0, 0.1) is 12.8 Å². The van der Waals surface area contributed by atoms with Gasteiger partial charge in [-0.25, -0.2) is 13.4 Å². The SMILES string of the molecule is Cc1ccc(S(=O)(=O)N2CC3CC(=O)N(c4ccc(Cl)cc4)N=C3c3ccccc32)cc1. The Labute approximate surface area is 191 Å². The van der Waals surface area contributed by atoms with Crippen molar-refractivity contribution in [3.05, 3.63) is 88.9 Å². The summed E-state index contributed by atoms with van der Waals surface area (Å²) in [5, 5.41) is 6.61. The maximum Gasteiger partial charge on any atom is 0.264 e. The number of hydrogen-bond acceptors (Lipinski definition) is 4. The molecule has 3 aromatic rings.